The van der Waals surface area contributed by atoms with Gasteiger partial charge in [-0.05, 0) is 12.8 Å². The van der Waals surface area contributed by atoms with Gasteiger partial charge < -0.3 is 10.2 Å². The van der Waals surface area contributed by atoms with E-state index in [1.54, 1.807) is 6.20 Å². The van der Waals surface area contributed by atoms with Crippen LogP contribution in [0.4, 0.5) is 5.82 Å². The van der Waals surface area contributed by atoms with Gasteiger partial charge in [0, 0.05) is 32.1 Å². The molecule has 16 heavy (non-hydrogen) atoms. The van der Waals surface area contributed by atoms with E-state index in [4.69, 9.17) is 0 Å². The van der Waals surface area contributed by atoms with Crippen LogP contribution in [0.25, 0.3) is 0 Å². The van der Waals surface area contributed by atoms with Gasteiger partial charge in [0.2, 0.25) is 0 Å². The van der Waals surface area contributed by atoms with Gasteiger partial charge in [0.25, 0.3) is 0 Å². The Bertz CT molecular complexity index is 357. The van der Waals surface area contributed by atoms with E-state index in [9.17, 15) is 0 Å². The number of anilines is 1. The summed E-state index contributed by atoms with van der Waals surface area (Å²) in [6, 6.07) is 0. The van der Waals surface area contributed by atoms with Crippen molar-refractivity contribution in [3.8, 4) is 0 Å². The highest BCUT2D eigenvalue weighted by Gasteiger charge is 2.23. The van der Waals surface area contributed by atoms with Crippen molar-refractivity contribution in [2.24, 2.45) is 0 Å². The van der Waals surface area contributed by atoms with Crippen LogP contribution in [0.2, 0.25) is 0 Å². The Morgan fingerprint density at radius 2 is 2.06 bits per heavy atom. The Morgan fingerprint density at radius 3 is 2.75 bits per heavy atom. The van der Waals surface area contributed by atoms with Crippen molar-refractivity contribution in [2.45, 2.75) is 25.2 Å². The van der Waals surface area contributed by atoms with E-state index in [0.717, 1.165) is 37.8 Å². The smallest absolute Gasteiger partial charge is 0.156 e. The molecule has 0 atom stereocenters. The van der Waals surface area contributed by atoms with Crippen molar-refractivity contribution < 1.29 is 0 Å². The zero-order valence-electron chi connectivity index (χ0n) is 9.39. The topological polar surface area (TPSA) is 53.9 Å². The molecule has 0 spiro atoms. The Kier molecular flexibility index (Phi) is 2.70. The lowest BCUT2D eigenvalue weighted by atomic mass is 9.85. The molecular weight excluding hydrogens is 202 g/mol. The minimum absolute atomic E-state index is 0.565. The van der Waals surface area contributed by atoms with Gasteiger partial charge in [0.05, 0.1) is 6.20 Å². The van der Waals surface area contributed by atoms with Crippen molar-refractivity contribution in [3.05, 3.63) is 12.0 Å². The van der Waals surface area contributed by atoms with Gasteiger partial charge in [-0.25, -0.2) is 4.98 Å². The summed E-state index contributed by atoms with van der Waals surface area (Å²) in [5.74, 6) is 2.51. The summed E-state index contributed by atoms with van der Waals surface area (Å²) in [5.41, 5.74) is 0. The van der Waals surface area contributed by atoms with Crippen LogP contribution < -0.4 is 10.2 Å². The number of piperazine rings is 1. The molecule has 1 N–H and O–H groups in total. The van der Waals surface area contributed by atoms with Crippen molar-refractivity contribution in [1.29, 1.82) is 0 Å². The fraction of sp³-hybridized carbons (Fsp3) is 0.727. The largest absolute Gasteiger partial charge is 0.353 e. The molecule has 1 aromatic heterocycles. The minimum Gasteiger partial charge on any atom is -0.353 e. The predicted molar refractivity (Wildman–Crippen MR) is 61.5 cm³/mol. The Labute approximate surface area is 95.3 Å². The van der Waals surface area contributed by atoms with Crippen LogP contribution in [-0.4, -0.2) is 41.4 Å². The number of hydrogen-bond acceptors (Lipinski definition) is 5. The number of nitrogens with one attached hydrogen (secondary N) is 1. The van der Waals surface area contributed by atoms with Crippen molar-refractivity contribution in [2.75, 3.05) is 31.1 Å². The summed E-state index contributed by atoms with van der Waals surface area (Å²) in [4.78, 5) is 6.93. The van der Waals surface area contributed by atoms with E-state index < -0.39 is 0 Å². The molecule has 1 aromatic rings. The van der Waals surface area contributed by atoms with Crippen LogP contribution in [0.1, 0.15) is 31.0 Å². The summed E-state index contributed by atoms with van der Waals surface area (Å²) in [7, 11) is 0. The van der Waals surface area contributed by atoms with Gasteiger partial charge >= 0.3 is 0 Å². The maximum atomic E-state index is 4.64. The highest BCUT2D eigenvalue weighted by atomic mass is 15.3. The molecule has 86 valence electrons. The van der Waals surface area contributed by atoms with Gasteiger partial charge in [-0.3, -0.25) is 0 Å². The van der Waals surface area contributed by atoms with Crippen LogP contribution >= 0.6 is 0 Å². The van der Waals surface area contributed by atoms with Gasteiger partial charge in [0.1, 0.15) is 0 Å². The Balaban J connectivity index is 1.77. The molecule has 0 amide bonds. The molecule has 0 unspecified atom stereocenters. The highest BCUT2D eigenvalue weighted by Crippen LogP contribution is 2.34. The first-order valence-electron chi connectivity index (χ1n) is 6.09. The van der Waals surface area contributed by atoms with Crippen LogP contribution in [0.15, 0.2) is 6.20 Å². The quantitative estimate of drug-likeness (QED) is 0.787. The molecule has 0 radical (unpaired) electrons. The summed E-state index contributed by atoms with van der Waals surface area (Å²) in [6.45, 7) is 4.09. The molecule has 5 nitrogen and oxygen atoms in total. The molecule has 0 aromatic carbocycles. The first kappa shape index (κ1) is 9.96. The molecule has 1 saturated heterocycles. The number of nitrogens with zero attached hydrogens (tertiary/aromatic N) is 4. The van der Waals surface area contributed by atoms with Crippen molar-refractivity contribution in [1.82, 2.24) is 20.5 Å². The number of hydrogen-bond donors (Lipinski definition) is 1. The molecule has 5 heteroatoms. The van der Waals surface area contributed by atoms with Gasteiger partial charge in [-0.1, -0.05) is 6.42 Å². The molecular formula is C11H17N5. The molecule has 0 bridgehead atoms. The lowest BCUT2D eigenvalue weighted by Gasteiger charge is -2.29. The molecule has 2 heterocycles. The van der Waals surface area contributed by atoms with Crippen LogP contribution in [0.5, 0.6) is 0 Å². The third-order valence-corrected chi connectivity index (χ3v) is 3.47. The molecule has 3 rings (SSSR count). The number of aromatic nitrogens is 3. The summed E-state index contributed by atoms with van der Waals surface area (Å²) in [6.07, 6.45) is 5.55. The summed E-state index contributed by atoms with van der Waals surface area (Å²) in [5, 5.41) is 11.6. The van der Waals surface area contributed by atoms with Crippen molar-refractivity contribution in [3.63, 3.8) is 0 Å². The van der Waals surface area contributed by atoms with Crippen molar-refractivity contribution >= 4 is 5.82 Å². The lowest BCUT2D eigenvalue weighted by Crippen LogP contribution is -2.44. The lowest BCUT2D eigenvalue weighted by molar-refractivity contribution is 0.397. The Hall–Kier alpha value is -1.23. The fourth-order valence-electron chi connectivity index (χ4n) is 2.19. The highest BCUT2D eigenvalue weighted by molar-refractivity contribution is 5.36. The zero-order valence-corrected chi connectivity index (χ0v) is 9.39. The molecule has 1 aliphatic carbocycles. The second-order valence-corrected chi connectivity index (χ2v) is 4.54. The first-order valence-corrected chi connectivity index (χ1v) is 6.09. The molecule has 1 aliphatic heterocycles. The van der Waals surface area contributed by atoms with E-state index in [2.05, 4.69) is 25.4 Å². The second-order valence-electron chi connectivity index (χ2n) is 4.54. The van der Waals surface area contributed by atoms with Crippen LogP contribution in [0.3, 0.4) is 0 Å². The SMILES string of the molecule is c1nnc(C2CCC2)nc1N1CCNCC1. The molecule has 2 fully saturated rings. The number of rotatable bonds is 2. The predicted octanol–water partition coefficient (Wildman–Crippen LogP) is 0.549. The third-order valence-electron chi connectivity index (χ3n) is 3.47. The first-order chi connectivity index (χ1) is 7.93. The van der Waals surface area contributed by atoms with Crippen LogP contribution in [-0.2, 0) is 0 Å². The summed E-state index contributed by atoms with van der Waals surface area (Å²) >= 11 is 0. The third kappa shape index (κ3) is 1.87. The minimum atomic E-state index is 0.565. The fourth-order valence-corrected chi connectivity index (χ4v) is 2.19. The van der Waals surface area contributed by atoms with E-state index >= 15 is 0 Å². The normalized spacial score (nSPS) is 21.9. The van der Waals surface area contributed by atoms with E-state index in [1.807, 2.05) is 0 Å². The van der Waals surface area contributed by atoms with Gasteiger partial charge in [-0.15, -0.1) is 5.10 Å². The van der Waals surface area contributed by atoms with Gasteiger partial charge in [-0.2, -0.15) is 5.10 Å². The average Bonchev–Trinajstić information content (AvgIpc) is 2.28. The summed E-state index contributed by atoms with van der Waals surface area (Å²) < 4.78 is 0. The molecule has 1 saturated carbocycles. The van der Waals surface area contributed by atoms with E-state index in [1.165, 1.54) is 19.3 Å². The monoisotopic (exact) mass is 219 g/mol. The second kappa shape index (κ2) is 4.33. The Morgan fingerprint density at radius 1 is 1.25 bits per heavy atom. The average molecular weight is 219 g/mol. The van der Waals surface area contributed by atoms with Crippen LogP contribution in [0, 0.1) is 0 Å². The zero-order chi connectivity index (χ0) is 10.8. The van der Waals surface area contributed by atoms with E-state index in [-0.39, 0.29) is 0 Å². The van der Waals surface area contributed by atoms with Gasteiger partial charge in [0.15, 0.2) is 11.6 Å². The molecule has 2 aliphatic rings. The maximum absolute atomic E-state index is 4.64. The standard InChI is InChI=1S/C11H17N5/c1-2-9(3-1)11-14-10(8-13-15-11)16-6-4-12-5-7-16/h8-9,12H,1-7H2. The van der Waals surface area contributed by atoms with E-state index in [0.29, 0.717) is 5.92 Å². The maximum Gasteiger partial charge on any atom is 0.156 e.